The van der Waals surface area contributed by atoms with Crippen molar-refractivity contribution in [2.45, 2.75) is 39.5 Å². The molecule has 6 aromatic carbocycles. The summed E-state index contributed by atoms with van der Waals surface area (Å²) in [6, 6.07) is 54.0. The highest BCUT2D eigenvalue weighted by Crippen LogP contribution is 2.49. The zero-order valence-electron chi connectivity index (χ0n) is 27.0. The Hall–Kier alpha value is -5.04. The topological polar surface area (TPSA) is 66.4 Å². The largest absolute Gasteiger partial charge is 0.479 e. The first-order valence-electron chi connectivity index (χ1n) is 16.1. The molecule has 0 aliphatic carbocycles. The van der Waals surface area contributed by atoms with Crippen molar-refractivity contribution in [2.24, 2.45) is 0 Å². The third-order valence-electron chi connectivity index (χ3n) is 9.58. The zero-order valence-corrected chi connectivity index (χ0v) is 28.8. The predicted molar refractivity (Wildman–Crippen MR) is 202 cm³/mol. The summed E-state index contributed by atoms with van der Waals surface area (Å²) >= 11 is 9.57. The van der Waals surface area contributed by atoms with E-state index in [2.05, 4.69) is 17.9 Å². The molecule has 0 fully saturated rings. The van der Waals surface area contributed by atoms with Gasteiger partial charge >= 0.3 is 5.97 Å². The van der Waals surface area contributed by atoms with Gasteiger partial charge in [0.25, 0.3) is 0 Å². The Balaban J connectivity index is 1.60. The van der Waals surface area contributed by atoms with Gasteiger partial charge in [-0.15, -0.1) is 25.3 Å². The van der Waals surface area contributed by atoms with Crippen molar-refractivity contribution in [2.75, 3.05) is 0 Å². The lowest BCUT2D eigenvalue weighted by atomic mass is 9.58. The van der Waals surface area contributed by atoms with Gasteiger partial charge in [-0.1, -0.05) is 152 Å². The number of carbonyl (C=O) groups is 2. The summed E-state index contributed by atoms with van der Waals surface area (Å²) < 4.78 is 0. The van der Waals surface area contributed by atoms with Crippen molar-refractivity contribution in [1.29, 1.82) is 0 Å². The molecule has 0 spiro atoms. The van der Waals surface area contributed by atoms with Gasteiger partial charge in [0.15, 0.2) is 5.54 Å². The number of nitrogens with one attached hydrogen (secondary N) is 1. The van der Waals surface area contributed by atoms with Gasteiger partial charge < -0.3 is 10.4 Å². The highest BCUT2D eigenvalue weighted by Gasteiger charge is 2.58. The average Bonchev–Trinajstić information content (AvgIpc) is 3.13. The van der Waals surface area contributed by atoms with Crippen molar-refractivity contribution in [3.8, 4) is 0 Å². The maximum atomic E-state index is 15.0. The van der Waals surface area contributed by atoms with E-state index in [-0.39, 0.29) is 6.42 Å². The van der Waals surface area contributed by atoms with Gasteiger partial charge in [-0.05, 0) is 58.5 Å². The normalized spacial score (nSPS) is 12.9. The molecule has 2 N–H and O–H groups in total. The molecule has 0 saturated carbocycles. The summed E-state index contributed by atoms with van der Waals surface area (Å²) in [6.45, 7) is 1.61. The van der Waals surface area contributed by atoms with Crippen LogP contribution in [-0.4, -0.2) is 22.5 Å². The monoisotopic (exact) mass is 679 g/mol. The molecular formula is C43H37NO3S2. The van der Waals surface area contributed by atoms with Crippen LogP contribution in [0.3, 0.4) is 0 Å². The Kier molecular flexibility index (Phi) is 9.81. The fourth-order valence-corrected chi connectivity index (χ4v) is 7.99. The molecule has 6 rings (SSSR count). The van der Waals surface area contributed by atoms with Crippen molar-refractivity contribution in [3.05, 3.63) is 203 Å². The number of carbonyl (C=O) groups excluding carboxylic acids is 1. The smallest absolute Gasteiger partial charge is 0.330 e. The van der Waals surface area contributed by atoms with Crippen molar-refractivity contribution in [3.63, 3.8) is 0 Å². The minimum atomic E-state index is -1.89. The quantitative estimate of drug-likeness (QED) is 0.0817. The van der Waals surface area contributed by atoms with Crippen LogP contribution in [-0.2, 0) is 20.4 Å². The maximum Gasteiger partial charge on any atom is 0.330 e. The molecule has 49 heavy (non-hydrogen) atoms. The second kappa shape index (κ2) is 14.2. The zero-order chi connectivity index (χ0) is 34.5. The van der Waals surface area contributed by atoms with Crippen LogP contribution in [0.1, 0.15) is 46.7 Å². The van der Waals surface area contributed by atoms with Crippen LogP contribution < -0.4 is 5.32 Å². The molecule has 6 aromatic rings. The molecule has 4 nitrogen and oxygen atoms in total. The lowest BCUT2D eigenvalue weighted by molar-refractivity contribution is -0.149. The molecule has 1 atom stereocenters. The van der Waals surface area contributed by atoms with Gasteiger partial charge in [-0.25, -0.2) is 4.79 Å². The van der Waals surface area contributed by atoms with Crippen LogP contribution >= 0.6 is 25.3 Å². The second-order valence-electron chi connectivity index (χ2n) is 12.3. The number of amides is 1. The summed E-state index contributed by atoms with van der Waals surface area (Å²) in [5, 5.41) is 14.6. The summed E-state index contributed by atoms with van der Waals surface area (Å²) in [5.41, 5.74) is 0.436. The molecule has 1 unspecified atom stereocenters. The van der Waals surface area contributed by atoms with Crippen LogP contribution in [0.2, 0.25) is 0 Å². The highest BCUT2D eigenvalue weighted by molar-refractivity contribution is 7.80. The lowest BCUT2D eigenvalue weighted by Crippen LogP contribution is -2.66. The van der Waals surface area contributed by atoms with Crippen molar-refractivity contribution >= 4 is 37.1 Å². The van der Waals surface area contributed by atoms with Crippen LogP contribution in [0, 0.1) is 0 Å². The molecule has 1 amide bonds. The number of thiol groups is 2. The number of carboxylic acid groups (broad SMARTS) is 1. The average molecular weight is 680 g/mol. The Morgan fingerprint density at radius 3 is 1.45 bits per heavy atom. The summed E-state index contributed by atoms with van der Waals surface area (Å²) in [5.74, 6) is -1.62. The minimum absolute atomic E-state index is 0.0895. The number of hydrogen-bond acceptors (Lipinski definition) is 4. The van der Waals surface area contributed by atoms with E-state index in [0.717, 1.165) is 21.6 Å². The molecule has 244 valence electrons. The second-order valence-corrected chi connectivity index (χ2v) is 13.3. The van der Waals surface area contributed by atoms with Gasteiger partial charge in [0.1, 0.15) is 0 Å². The molecule has 0 aliphatic heterocycles. The van der Waals surface area contributed by atoms with E-state index >= 15 is 4.79 Å². The molecule has 0 bridgehead atoms. The van der Waals surface area contributed by atoms with E-state index in [9.17, 15) is 9.90 Å². The SMILES string of the molecule is CC(NC(=O)CC(c1ccccc1)(c1ccccc1)c1ccccc1S)(C(=O)O)C(c1ccccc1)(c1ccccc1)c1cccc(S)c1. The minimum Gasteiger partial charge on any atom is -0.479 e. The number of hydrogen-bond donors (Lipinski definition) is 4. The molecule has 0 aliphatic rings. The predicted octanol–water partition coefficient (Wildman–Crippen LogP) is 8.98. The third-order valence-corrected chi connectivity index (χ3v) is 10.3. The van der Waals surface area contributed by atoms with E-state index in [4.69, 9.17) is 12.6 Å². The van der Waals surface area contributed by atoms with E-state index in [1.165, 1.54) is 0 Å². The van der Waals surface area contributed by atoms with Crippen LogP contribution in [0.5, 0.6) is 0 Å². The third kappa shape index (κ3) is 6.07. The molecule has 0 heterocycles. The first kappa shape index (κ1) is 33.8. The summed E-state index contributed by atoms with van der Waals surface area (Å²) in [4.78, 5) is 30.4. The number of rotatable bonds is 11. The molecule has 0 aromatic heterocycles. The van der Waals surface area contributed by atoms with E-state index in [0.29, 0.717) is 21.6 Å². The molecule has 0 radical (unpaired) electrons. The lowest BCUT2D eigenvalue weighted by Gasteiger charge is -2.48. The van der Waals surface area contributed by atoms with E-state index in [1.807, 2.05) is 170 Å². The Bertz CT molecular complexity index is 1970. The first-order chi connectivity index (χ1) is 23.7. The standard InChI is InChI=1S/C43H37NO3S2/c1-41(40(46)47,43(33-21-10-4-11-22-33,34-23-12-5-13-24-34)35-25-16-26-36(48)29-35)44-39(45)30-42(31-17-6-2-7-18-31,32-19-8-3-9-20-32)37-27-14-15-28-38(37)49/h2-29,48-49H,30H2,1H3,(H,44,45)(H,46,47). The van der Waals surface area contributed by atoms with E-state index in [1.54, 1.807) is 6.92 Å². The van der Waals surface area contributed by atoms with Gasteiger partial charge in [0.05, 0.1) is 10.8 Å². The summed E-state index contributed by atoms with van der Waals surface area (Å²) in [6.07, 6.45) is -0.0895. The Labute approximate surface area is 298 Å². The van der Waals surface area contributed by atoms with Gasteiger partial charge in [-0.2, -0.15) is 0 Å². The van der Waals surface area contributed by atoms with Crippen LogP contribution in [0.25, 0.3) is 0 Å². The Morgan fingerprint density at radius 1 is 0.571 bits per heavy atom. The molecule has 0 saturated heterocycles. The van der Waals surface area contributed by atoms with E-state index < -0.39 is 28.2 Å². The Morgan fingerprint density at radius 2 is 1.00 bits per heavy atom. The van der Waals surface area contributed by atoms with Gasteiger partial charge in [-0.3, -0.25) is 4.79 Å². The maximum absolute atomic E-state index is 15.0. The molecule has 6 heteroatoms. The molecular weight excluding hydrogens is 643 g/mol. The number of carboxylic acids is 1. The fraction of sp³-hybridized carbons (Fsp3) is 0.116. The van der Waals surface area contributed by atoms with Crippen LogP contribution in [0.4, 0.5) is 0 Å². The first-order valence-corrected chi connectivity index (χ1v) is 17.0. The number of aliphatic carboxylic acids is 1. The van der Waals surface area contributed by atoms with Crippen molar-refractivity contribution in [1.82, 2.24) is 5.32 Å². The highest BCUT2D eigenvalue weighted by atomic mass is 32.1. The van der Waals surface area contributed by atoms with Gasteiger partial charge in [0, 0.05) is 16.2 Å². The van der Waals surface area contributed by atoms with Crippen LogP contribution in [0.15, 0.2) is 180 Å². The number of benzene rings is 6. The van der Waals surface area contributed by atoms with Crippen molar-refractivity contribution < 1.29 is 14.7 Å². The van der Waals surface area contributed by atoms with Gasteiger partial charge in [0.2, 0.25) is 5.91 Å². The summed E-state index contributed by atoms with van der Waals surface area (Å²) in [7, 11) is 0. The fourth-order valence-electron chi connectivity index (χ4n) is 7.41.